The molecule has 3 rings (SSSR count). The summed E-state index contributed by atoms with van der Waals surface area (Å²) in [5.41, 5.74) is -0.554. The molecule has 1 unspecified atom stereocenters. The zero-order chi connectivity index (χ0) is 24.9. The minimum absolute atomic E-state index is 0.00686. The van der Waals surface area contributed by atoms with E-state index in [0.29, 0.717) is 24.9 Å². The van der Waals surface area contributed by atoms with Crippen LogP contribution in [0.25, 0.3) is 0 Å². The SMILES string of the molecule is CS(=O)(=O)N1CCCC(NC(=O)c2ccc(OCC(=O)Nc3cccc(C(F)(F)F)c3)cc2)C1. The molecule has 2 aromatic rings. The number of benzene rings is 2. The molecule has 2 aromatic carbocycles. The summed E-state index contributed by atoms with van der Waals surface area (Å²) in [5.74, 6) is -0.722. The smallest absolute Gasteiger partial charge is 0.416 e. The van der Waals surface area contributed by atoms with Crippen molar-refractivity contribution < 1.29 is 35.9 Å². The van der Waals surface area contributed by atoms with Gasteiger partial charge in [-0.25, -0.2) is 12.7 Å². The van der Waals surface area contributed by atoms with Crippen LogP contribution in [0.4, 0.5) is 18.9 Å². The highest BCUT2D eigenvalue weighted by molar-refractivity contribution is 7.88. The molecule has 1 heterocycles. The molecule has 34 heavy (non-hydrogen) atoms. The minimum Gasteiger partial charge on any atom is -0.484 e. The Morgan fingerprint density at radius 1 is 1.15 bits per heavy atom. The van der Waals surface area contributed by atoms with Crippen LogP contribution in [-0.4, -0.2) is 56.5 Å². The molecule has 0 aromatic heterocycles. The van der Waals surface area contributed by atoms with E-state index in [-0.39, 0.29) is 29.9 Å². The summed E-state index contributed by atoms with van der Waals surface area (Å²) >= 11 is 0. The van der Waals surface area contributed by atoms with Gasteiger partial charge in [0.25, 0.3) is 11.8 Å². The number of hydrogen-bond donors (Lipinski definition) is 2. The van der Waals surface area contributed by atoms with Crippen molar-refractivity contribution in [1.82, 2.24) is 9.62 Å². The number of carbonyl (C=O) groups is 2. The average molecular weight is 500 g/mol. The highest BCUT2D eigenvalue weighted by atomic mass is 32.2. The Kier molecular flexibility index (Phi) is 7.82. The molecule has 12 heteroatoms. The number of piperidine rings is 1. The molecule has 0 aliphatic carbocycles. The van der Waals surface area contributed by atoms with Crippen molar-refractivity contribution >= 4 is 27.5 Å². The number of alkyl halides is 3. The standard InChI is InChI=1S/C22H24F3N3O5S/c1-34(31,32)28-11-3-6-18(13-28)27-21(30)15-7-9-19(10-8-15)33-14-20(29)26-17-5-2-4-16(12-17)22(23,24)25/h2,4-5,7-10,12,18H,3,6,11,13-14H2,1H3,(H,26,29)(H,27,30). The fourth-order valence-electron chi connectivity index (χ4n) is 3.45. The first-order valence-electron chi connectivity index (χ1n) is 10.4. The summed E-state index contributed by atoms with van der Waals surface area (Å²) in [6.07, 6.45) is -2.07. The Morgan fingerprint density at radius 3 is 2.50 bits per heavy atom. The normalized spacial score (nSPS) is 17.1. The zero-order valence-corrected chi connectivity index (χ0v) is 19.1. The monoisotopic (exact) mass is 499 g/mol. The van der Waals surface area contributed by atoms with Gasteiger partial charge in [0.1, 0.15) is 5.75 Å². The van der Waals surface area contributed by atoms with Crippen LogP contribution in [0.1, 0.15) is 28.8 Å². The van der Waals surface area contributed by atoms with Gasteiger partial charge in [0, 0.05) is 30.4 Å². The van der Waals surface area contributed by atoms with Gasteiger partial charge in [-0.05, 0) is 55.3 Å². The van der Waals surface area contributed by atoms with Crippen LogP contribution >= 0.6 is 0 Å². The largest absolute Gasteiger partial charge is 0.484 e. The highest BCUT2D eigenvalue weighted by Gasteiger charge is 2.30. The second-order valence-electron chi connectivity index (χ2n) is 7.87. The fraction of sp³-hybridized carbons (Fsp3) is 0.364. The van der Waals surface area contributed by atoms with Crippen molar-refractivity contribution in [3.05, 3.63) is 59.7 Å². The lowest BCUT2D eigenvalue weighted by Crippen LogP contribution is -2.49. The highest BCUT2D eigenvalue weighted by Crippen LogP contribution is 2.30. The van der Waals surface area contributed by atoms with Crippen molar-refractivity contribution in [2.75, 3.05) is 31.3 Å². The van der Waals surface area contributed by atoms with E-state index < -0.39 is 34.3 Å². The molecule has 8 nitrogen and oxygen atoms in total. The number of carbonyl (C=O) groups excluding carboxylic acids is 2. The molecule has 0 radical (unpaired) electrons. The van der Waals surface area contributed by atoms with Gasteiger partial charge in [-0.3, -0.25) is 9.59 Å². The van der Waals surface area contributed by atoms with Crippen LogP contribution in [0.3, 0.4) is 0 Å². The second kappa shape index (κ2) is 10.4. The topological polar surface area (TPSA) is 105 Å². The molecule has 184 valence electrons. The minimum atomic E-state index is -4.52. The first-order valence-corrected chi connectivity index (χ1v) is 12.2. The van der Waals surface area contributed by atoms with Gasteiger partial charge in [0.2, 0.25) is 10.0 Å². The summed E-state index contributed by atoms with van der Waals surface area (Å²) in [7, 11) is -3.32. The van der Waals surface area contributed by atoms with Crippen molar-refractivity contribution in [3.8, 4) is 5.75 Å². The Morgan fingerprint density at radius 2 is 1.85 bits per heavy atom. The van der Waals surface area contributed by atoms with Crippen LogP contribution in [0, 0.1) is 0 Å². The first-order chi connectivity index (χ1) is 15.9. The van der Waals surface area contributed by atoms with Gasteiger partial charge in [-0.15, -0.1) is 0 Å². The van der Waals surface area contributed by atoms with E-state index in [2.05, 4.69) is 10.6 Å². The number of amides is 2. The van der Waals surface area contributed by atoms with Gasteiger partial charge in [0.15, 0.2) is 6.61 Å². The lowest BCUT2D eigenvalue weighted by Gasteiger charge is -2.31. The number of rotatable bonds is 7. The maximum absolute atomic E-state index is 12.8. The maximum Gasteiger partial charge on any atom is 0.416 e. The van der Waals surface area contributed by atoms with E-state index in [0.717, 1.165) is 18.4 Å². The molecular weight excluding hydrogens is 475 g/mol. The second-order valence-corrected chi connectivity index (χ2v) is 9.86. The molecule has 1 aliphatic rings. The van der Waals surface area contributed by atoms with Gasteiger partial charge in [-0.1, -0.05) is 6.07 Å². The number of ether oxygens (including phenoxy) is 1. The summed E-state index contributed by atoms with van der Waals surface area (Å²) in [6.45, 7) is 0.205. The van der Waals surface area contributed by atoms with Crippen molar-refractivity contribution in [3.63, 3.8) is 0 Å². The van der Waals surface area contributed by atoms with Crippen LogP contribution in [0.15, 0.2) is 48.5 Å². The van der Waals surface area contributed by atoms with E-state index in [1.54, 1.807) is 0 Å². The predicted molar refractivity (Wildman–Crippen MR) is 119 cm³/mol. The average Bonchev–Trinajstić information content (AvgIpc) is 2.77. The third-order valence-corrected chi connectivity index (χ3v) is 6.42. The van der Waals surface area contributed by atoms with Gasteiger partial charge < -0.3 is 15.4 Å². The molecule has 0 saturated carbocycles. The van der Waals surface area contributed by atoms with Crippen molar-refractivity contribution in [2.45, 2.75) is 25.1 Å². The van der Waals surface area contributed by atoms with Crippen LogP contribution < -0.4 is 15.4 Å². The van der Waals surface area contributed by atoms with Crippen molar-refractivity contribution in [2.24, 2.45) is 0 Å². The Balaban J connectivity index is 1.50. The lowest BCUT2D eigenvalue weighted by molar-refractivity contribution is -0.137. The van der Waals surface area contributed by atoms with Gasteiger partial charge in [0.05, 0.1) is 11.8 Å². The summed E-state index contributed by atoms with van der Waals surface area (Å²) in [4.78, 5) is 24.5. The van der Waals surface area contributed by atoms with E-state index >= 15 is 0 Å². The molecule has 1 saturated heterocycles. The molecule has 0 bridgehead atoms. The Labute approximate surface area is 195 Å². The fourth-order valence-corrected chi connectivity index (χ4v) is 4.36. The first kappa shape index (κ1) is 25.5. The van der Waals surface area contributed by atoms with E-state index in [1.807, 2.05) is 0 Å². The zero-order valence-electron chi connectivity index (χ0n) is 18.3. The summed E-state index contributed by atoms with van der Waals surface area (Å²) in [6, 6.07) is 9.90. The molecule has 1 fully saturated rings. The number of nitrogens with one attached hydrogen (secondary N) is 2. The summed E-state index contributed by atoms with van der Waals surface area (Å²) < 4.78 is 68.4. The number of halogens is 3. The summed E-state index contributed by atoms with van der Waals surface area (Å²) in [5, 5.41) is 5.16. The molecule has 0 spiro atoms. The number of anilines is 1. The predicted octanol–water partition coefficient (Wildman–Crippen LogP) is 2.88. The van der Waals surface area contributed by atoms with Crippen LogP contribution in [0.5, 0.6) is 5.75 Å². The molecule has 2 amide bonds. The number of hydrogen-bond acceptors (Lipinski definition) is 5. The van der Waals surface area contributed by atoms with Gasteiger partial charge >= 0.3 is 6.18 Å². The number of sulfonamides is 1. The van der Waals surface area contributed by atoms with E-state index in [1.165, 1.54) is 40.7 Å². The van der Waals surface area contributed by atoms with Crippen LogP contribution in [0.2, 0.25) is 0 Å². The molecule has 2 N–H and O–H groups in total. The maximum atomic E-state index is 12.8. The lowest BCUT2D eigenvalue weighted by atomic mass is 10.1. The quantitative estimate of drug-likeness (QED) is 0.610. The molecule has 1 atom stereocenters. The third-order valence-electron chi connectivity index (χ3n) is 5.15. The molecule has 1 aliphatic heterocycles. The van der Waals surface area contributed by atoms with E-state index in [4.69, 9.17) is 4.74 Å². The Hall–Kier alpha value is -3.12. The van der Waals surface area contributed by atoms with Gasteiger partial charge in [-0.2, -0.15) is 13.2 Å². The number of nitrogens with zero attached hydrogens (tertiary/aromatic N) is 1. The third kappa shape index (κ3) is 7.19. The van der Waals surface area contributed by atoms with E-state index in [9.17, 15) is 31.2 Å². The molecular formula is C22H24F3N3O5S. The van der Waals surface area contributed by atoms with Crippen LogP contribution in [-0.2, 0) is 21.0 Å². The Bertz CT molecular complexity index is 1140. The van der Waals surface area contributed by atoms with Crippen molar-refractivity contribution in [1.29, 1.82) is 0 Å².